The maximum Gasteiger partial charge on any atom is 0.404 e. The Balaban J connectivity index is 2.85. The summed E-state index contributed by atoms with van der Waals surface area (Å²) in [7, 11) is 0. The molecule has 0 saturated heterocycles. The Labute approximate surface area is 93.1 Å². The molecule has 0 heterocycles. The number of amides is 1. The molecule has 0 fully saturated rings. The fraction of sp³-hybridized carbons (Fsp3) is 0.300. The lowest BCUT2D eigenvalue weighted by atomic mass is 9.94. The van der Waals surface area contributed by atoms with Gasteiger partial charge in [0.15, 0.2) is 0 Å². The van der Waals surface area contributed by atoms with Gasteiger partial charge in [-0.3, -0.25) is 0 Å². The van der Waals surface area contributed by atoms with Crippen molar-refractivity contribution in [3.63, 3.8) is 0 Å². The minimum Gasteiger partial charge on any atom is -0.447 e. The average molecular weight is 229 g/mol. The molecular weight excluding hydrogens is 216 g/mol. The molecule has 0 radical (unpaired) electrons. The van der Waals surface area contributed by atoms with Crippen LogP contribution in [0.4, 0.5) is 4.79 Å². The summed E-state index contributed by atoms with van der Waals surface area (Å²) in [6.07, 6.45) is -0.848. The molecule has 1 aromatic rings. The summed E-state index contributed by atoms with van der Waals surface area (Å²) in [5.41, 5.74) is 10.7. The van der Waals surface area contributed by atoms with E-state index in [1.165, 1.54) is 0 Å². The monoisotopic (exact) mass is 228 g/mol. The molecule has 15 heavy (non-hydrogen) atoms. The minimum absolute atomic E-state index is 0.00787. The van der Waals surface area contributed by atoms with E-state index in [-0.39, 0.29) is 6.61 Å². The van der Waals surface area contributed by atoms with Crippen molar-refractivity contribution in [1.29, 1.82) is 0 Å². The highest BCUT2D eigenvalue weighted by atomic mass is 35.5. The summed E-state index contributed by atoms with van der Waals surface area (Å²) >= 11 is 5.97. The van der Waals surface area contributed by atoms with E-state index in [9.17, 15) is 4.79 Å². The van der Waals surface area contributed by atoms with Crippen molar-refractivity contribution in [2.75, 3.05) is 6.61 Å². The molecule has 4 nitrogen and oxygen atoms in total. The van der Waals surface area contributed by atoms with E-state index >= 15 is 0 Å². The number of benzene rings is 1. The summed E-state index contributed by atoms with van der Waals surface area (Å²) in [5.74, 6) is 0. The molecule has 0 bridgehead atoms. The lowest BCUT2D eigenvalue weighted by Gasteiger charge is -2.25. The van der Waals surface area contributed by atoms with Crippen LogP contribution in [0.15, 0.2) is 24.3 Å². The third-order valence-corrected chi connectivity index (χ3v) is 2.33. The standard InChI is InChI=1S/C10H13ClN2O2/c1-10(13,6-15-9(12)14)7-4-2-3-5-8(7)11/h2-5H,6,13H2,1H3,(H2,12,14). The van der Waals surface area contributed by atoms with E-state index < -0.39 is 11.6 Å². The fourth-order valence-electron chi connectivity index (χ4n) is 1.22. The lowest BCUT2D eigenvalue weighted by molar-refractivity contribution is 0.129. The second kappa shape index (κ2) is 4.51. The first-order chi connectivity index (χ1) is 6.93. The van der Waals surface area contributed by atoms with Crippen molar-refractivity contribution in [2.45, 2.75) is 12.5 Å². The van der Waals surface area contributed by atoms with Gasteiger partial charge in [0.2, 0.25) is 0 Å². The van der Waals surface area contributed by atoms with E-state index in [2.05, 4.69) is 4.74 Å². The van der Waals surface area contributed by atoms with E-state index in [1.54, 1.807) is 25.1 Å². The number of hydrogen-bond acceptors (Lipinski definition) is 3. The molecule has 1 unspecified atom stereocenters. The number of ether oxygens (including phenoxy) is 1. The molecule has 0 saturated carbocycles. The molecule has 82 valence electrons. The Bertz CT molecular complexity index is 366. The minimum atomic E-state index is -0.848. The molecule has 1 amide bonds. The molecule has 0 aliphatic heterocycles. The van der Waals surface area contributed by atoms with Gasteiger partial charge in [-0.1, -0.05) is 29.8 Å². The molecule has 0 aliphatic rings. The third kappa shape index (κ3) is 3.11. The zero-order valence-electron chi connectivity index (χ0n) is 8.37. The zero-order valence-corrected chi connectivity index (χ0v) is 9.12. The van der Waals surface area contributed by atoms with Gasteiger partial charge in [0.1, 0.15) is 6.61 Å². The first-order valence-electron chi connectivity index (χ1n) is 4.39. The predicted molar refractivity (Wildman–Crippen MR) is 58.5 cm³/mol. The summed E-state index contributed by atoms with van der Waals surface area (Å²) < 4.78 is 4.67. The number of primary amides is 1. The number of rotatable bonds is 3. The highest BCUT2D eigenvalue weighted by molar-refractivity contribution is 6.31. The summed E-state index contributed by atoms with van der Waals surface area (Å²) in [4.78, 5) is 10.5. The largest absolute Gasteiger partial charge is 0.447 e. The predicted octanol–water partition coefficient (Wildman–Crippen LogP) is 1.61. The van der Waals surface area contributed by atoms with Crippen LogP contribution in [0.3, 0.4) is 0 Å². The van der Waals surface area contributed by atoms with Gasteiger partial charge in [0.05, 0.1) is 5.54 Å². The highest BCUT2D eigenvalue weighted by Gasteiger charge is 2.25. The Kier molecular flexibility index (Phi) is 3.55. The number of carbonyl (C=O) groups is 1. The molecular formula is C10H13ClN2O2. The van der Waals surface area contributed by atoms with Crippen molar-refractivity contribution < 1.29 is 9.53 Å². The van der Waals surface area contributed by atoms with Gasteiger partial charge >= 0.3 is 6.09 Å². The second-order valence-corrected chi connectivity index (χ2v) is 3.91. The van der Waals surface area contributed by atoms with E-state index in [1.807, 2.05) is 6.07 Å². The Morgan fingerprint density at radius 2 is 2.13 bits per heavy atom. The number of carbonyl (C=O) groups excluding carboxylic acids is 1. The van der Waals surface area contributed by atoms with Crippen LogP contribution >= 0.6 is 11.6 Å². The normalized spacial score (nSPS) is 14.3. The van der Waals surface area contributed by atoms with Crippen LogP contribution < -0.4 is 11.5 Å². The molecule has 4 N–H and O–H groups in total. The van der Waals surface area contributed by atoms with Crippen molar-refractivity contribution in [3.05, 3.63) is 34.9 Å². The Morgan fingerprint density at radius 1 is 1.53 bits per heavy atom. The summed E-state index contributed by atoms with van der Waals surface area (Å²) in [6, 6.07) is 7.13. The fourth-order valence-corrected chi connectivity index (χ4v) is 1.57. The maximum atomic E-state index is 10.5. The number of hydrogen-bond donors (Lipinski definition) is 2. The zero-order chi connectivity index (χ0) is 11.5. The van der Waals surface area contributed by atoms with Crippen LogP contribution in [0.1, 0.15) is 12.5 Å². The smallest absolute Gasteiger partial charge is 0.404 e. The van der Waals surface area contributed by atoms with E-state index in [0.29, 0.717) is 10.6 Å². The molecule has 1 aromatic carbocycles. The number of halogens is 1. The molecule has 5 heteroatoms. The van der Waals surface area contributed by atoms with Crippen LogP contribution in [0.25, 0.3) is 0 Å². The van der Waals surface area contributed by atoms with Gasteiger partial charge in [-0.25, -0.2) is 4.79 Å². The van der Waals surface area contributed by atoms with Gasteiger partial charge in [0, 0.05) is 5.02 Å². The third-order valence-electron chi connectivity index (χ3n) is 2.00. The molecule has 0 aromatic heterocycles. The van der Waals surface area contributed by atoms with Gasteiger partial charge < -0.3 is 16.2 Å². The van der Waals surface area contributed by atoms with Crippen LogP contribution in [0, 0.1) is 0 Å². The summed E-state index contributed by atoms with van der Waals surface area (Å²) in [5, 5.41) is 0.538. The Hall–Kier alpha value is -1.26. The second-order valence-electron chi connectivity index (χ2n) is 3.51. The van der Waals surface area contributed by atoms with Crippen LogP contribution in [0.5, 0.6) is 0 Å². The molecule has 0 aliphatic carbocycles. The van der Waals surface area contributed by atoms with Crippen molar-refractivity contribution in [1.82, 2.24) is 0 Å². The van der Waals surface area contributed by atoms with Gasteiger partial charge in [-0.05, 0) is 18.6 Å². The molecule has 1 atom stereocenters. The van der Waals surface area contributed by atoms with E-state index in [0.717, 1.165) is 0 Å². The van der Waals surface area contributed by atoms with Gasteiger partial charge in [0.25, 0.3) is 0 Å². The maximum absolute atomic E-state index is 10.5. The molecule has 1 rings (SSSR count). The topological polar surface area (TPSA) is 78.3 Å². The van der Waals surface area contributed by atoms with E-state index in [4.69, 9.17) is 23.1 Å². The molecule has 0 spiro atoms. The van der Waals surface area contributed by atoms with Crippen LogP contribution in [0.2, 0.25) is 5.02 Å². The first-order valence-corrected chi connectivity index (χ1v) is 4.77. The lowest BCUT2D eigenvalue weighted by Crippen LogP contribution is -2.40. The quantitative estimate of drug-likeness (QED) is 0.825. The average Bonchev–Trinajstić information content (AvgIpc) is 2.15. The first kappa shape index (κ1) is 11.8. The van der Waals surface area contributed by atoms with Gasteiger partial charge in [-0.2, -0.15) is 0 Å². The van der Waals surface area contributed by atoms with Crippen molar-refractivity contribution in [3.8, 4) is 0 Å². The van der Waals surface area contributed by atoms with Crippen molar-refractivity contribution >= 4 is 17.7 Å². The van der Waals surface area contributed by atoms with Gasteiger partial charge in [-0.15, -0.1) is 0 Å². The SMILES string of the molecule is CC(N)(COC(N)=O)c1ccccc1Cl. The van der Waals surface area contributed by atoms with Crippen LogP contribution in [-0.4, -0.2) is 12.7 Å². The van der Waals surface area contributed by atoms with Crippen LogP contribution in [-0.2, 0) is 10.3 Å². The van der Waals surface area contributed by atoms with Crippen molar-refractivity contribution in [2.24, 2.45) is 11.5 Å². The number of nitrogens with two attached hydrogens (primary N) is 2. The highest BCUT2D eigenvalue weighted by Crippen LogP contribution is 2.25. The summed E-state index contributed by atoms with van der Waals surface area (Å²) in [6.45, 7) is 1.71. The Morgan fingerprint density at radius 3 is 2.67 bits per heavy atom.